The van der Waals surface area contributed by atoms with E-state index in [1.165, 1.54) is 25.7 Å². The lowest BCUT2D eigenvalue weighted by molar-refractivity contribution is 0.207. The second kappa shape index (κ2) is 5.64. The van der Waals surface area contributed by atoms with E-state index in [0.717, 1.165) is 30.0 Å². The summed E-state index contributed by atoms with van der Waals surface area (Å²) in [4.78, 5) is 4.43. The maximum Gasteiger partial charge on any atom is 0.111 e. The van der Waals surface area contributed by atoms with Gasteiger partial charge in [0, 0.05) is 13.5 Å². The Kier molecular flexibility index (Phi) is 4.18. The third-order valence-corrected chi connectivity index (χ3v) is 4.10. The molecule has 0 aromatic rings. The van der Waals surface area contributed by atoms with Crippen molar-refractivity contribution < 1.29 is 4.74 Å². The minimum atomic E-state index is 0.669. The third-order valence-electron chi connectivity index (χ3n) is 4.10. The number of hydrogen-bond acceptors (Lipinski definition) is 3. The van der Waals surface area contributed by atoms with E-state index in [0.29, 0.717) is 13.2 Å². The Morgan fingerprint density at radius 3 is 2.88 bits per heavy atom. The molecule has 16 heavy (non-hydrogen) atoms. The number of methoxy groups -OCH3 is 1. The van der Waals surface area contributed by atoms with Crippen molar-refractivity contribution in [2.45, 2.75) is 32.1 Å². The van der Waals surface area contributed by atoms with Crippen molar-refractivity contribution in [3.63, 3.8) is 0 Å². The van der Waals surface area contributed by atoms with Crippen LogP contribution in [0.2, 0.25) is 0 Å². The quantitative estimate of drug-likeness (QED) is 0.244. The van der Waals surface area contributed by atoms with E-state index >= 15 is 0 Å². The second-order valence-electron chi connectivity index (χ2n) is 5.10. The van der Waals surface area contributed by atoms with Gasteiger partial charge in [-0.25, -0.2) is 5.84 Å². The molecule has 2 saturated carbocycles. The first-order valence-corrected chi connectivity index (χ1v) is 6.32. The predicted octanol–water partition coefficient (Wildman–Crippen LogP) is 1.32. The van der Waals surface area contributed by atoms with Crippen LogP contribution in [0, 0.1) is 17.8 Å². The lowest BCUT2D eigenvalue weighted by Crippen LogP contribution is -2.33. The van der Waals surface area contributed by atoms with Crippen LogP contribution in [0.15, 0.2) is 4.99 Å². The van der Waals surface area contributed by atoms with Crippen molar-refractivity contribution in [2.24, 2.45) is 28.6 Å². The van der Waals surface area contributed by atoms with E-state index in [9.17, 15) is 0 Å². The molecule has 3 N–H and O–H groups in total. The van der Waals surface area contributed by atoms with Crippen molar-refractivity contribution in [3.8, 4) is 0 Å². The fourth-order valence-corrected chi connectivity index (χ4v) is 3.32. The molecule has 4 heteroatoms. The number of amidine groups is 1. The number of hydrazine groups is 1. The lowest BCUT2D eigenvalue weighted by Gasteiger charge is -2.22. The van der Waals surface area contributed by atoms with Crippen LogP contribution in [0.3, 0.4) is 0 Å². The summed E-state index contributed by atoms with van der Waals surface area (Å²) in [5, 5.41) is 0. The molecule has 92 valence electrons. The molecule has 2 rings (SSSR count). The highest BCUT2D eigenvalue weighted by molar-refractivity contribution is 5.81. The molecule has 0 radical (unpaired) electrons. The number of aliphatic imine (C=N–C) groups is 1. The van der Waals surface area contributed by atoms with Crippen LogP contribution in [-0.4, -0.2) is 26.1 Å². The summed E-state index contributed by atoms with van der Waals surface area (Å²) in [6, 6.07) is 0. The number of fused-ring (bicyclic) bond motifs is 2. The summed E-state index contributed by atoms with van der Waals surface area (Å²) in [7, 11) is 1.70. The van der Waals surface area contributed by atoms with Gasteiger partial charge in [0.2, 0.25) is 0 Å². The van der Waals surface area contributed by atoms with Gasteiger partial charge >= 0.3 is 0 Å². The molecule has 2 fully saturated rings. The normalized spacial score (nSPS) is 33.4. The van der Waals surface area contributed by atoms with Crippen LogP contribution in [0.25, 0.3) is 0 Å². The maximum atomic E-state index is 5.51. The number of ether oxygens (including phenoxy) is 1. The molecule has 2 aliphatic rings. The van der Waals surface area contributed by atoms with Crippen LogP contribution < -0.4 is 11.3 Å². The smallest absolute Gasteiger partial charge is 0.111 e. The first-order valence-electron chi connectivity index (χ1n) is 6.32. The van der Waals surface area contributed by atoms with E-state index in [2.05, 4.69) is 10.4 Å². The second-order valence-corrected chi connectivity index (χ2v) is 5.10. The lowest BCUT2D eigenvalue weighted by atomic mass is 9.86. The van der Waals surface area contributed by atoms with E-state index in [4.69, 9.17) is 10.6 Å². The average molecular weight is 225 g/mol. The Hall–Kier alpha value is -0.610. The first-order chi connectivity index (χ1) is 7.83. The van der Waals surface area contributed by atoms with Crippen molar-refractivity contribution >= 4 is 5.84 Å². The molecule has 0 amide bonds. The van der Waals surface area contributed by atoms with Gasteiger partial charge in [0.15, 0.2) is 0 Å². The summed E-state index contributed by atoms with van der Waals surface area (Å²) in [5.41, 5.74) is 2.74. The zero-order chi connectivity index (χ0) is 11.4. The topological polar surface area (TPSA) is 59.6 Å². The standard InChI is InChI=1S/C12H23N3O/c1-16-5-4-14-12(15-13)8-11-7-9-2-3-10(11)6-9/h9-11H,2-8,13H2,1H3,(H,14,15). The van der Waals surface area contributed by atoms with Gasteiger partial charge < -0.3 is 10.2 Å². The molecule has 2 aliphatic carbocycles. The first kappa shape index (κ1) is 11.9. The van der Waals surface area contributed by atoms with Crippen LogP contribution >= 0.6 is 0 Å². The molecular formula is C12H23N3O. The Bertz CT molecular complexity index is 255. The highest BCUT2D eigenvalue weighted by Gasteiger charge is 2.39. The Morgan fingerprint density at radius 2 is 2.31 bits per heavy atom. The van der Waals surface area contributed by atoms with E-state index in [1.54, 1.807) is 7.11 Å². The summed E-state index contributed by atoms with van der Waals surface area (Å²) >= 11 is 0. The monoisotopic (exact) mass is 225 g/mol. The molecular weight excluding hydrogens is 202 g/mol. The van der Waals surface area contributed by atoms with Crippen molar-refractivity contribution in [1.29, 1.82) is 0 Å². The molecule has 3 unspecified atom stereocenters. The molecule has 3 atom stereocenters. The number of rotatable bonds is 5. The zero-order valence-electron chi connectivity index (χ0n) is 10.1. The van der Waals surface area contributed by atoms with Crippen molar-refractivity contribution in [2.75, 3.05) is 20.3 Å². The summed E-state index contributed by atoms with van der Waals surface area (Å²) < 4.78 is 4.98. The summed E-state index contributed by atoms with van der Waals surface area (Å²) in [6.07, 6.45) is 6.73. The Balaban J connectivity index is 1.80. The number of nitrogens with one attached hydrogen (secondary N) is 1. The maximum absolute atomic E-state index is 5.51. The van der Waals surface area contributed by atoms with Crippen molar-refractivity contribution in [1.82, 2.24) is 5.43 Å². The summed E-state index contributed by atoms with van der Waals surface area (Å²) in [5.74, 6) is 9.21. The van der Waals surface area contributed by atoms with Gasteiger partial charge in [-0.2, -0.15) is 0 Å². The largest absolute Gasteiger partial charge is 0.383 e. The molecule has 0 heterocycles. The highest BCUT2D eigenvalue weighted by atomic mass is 16.5. The zero-order valence-corrected chi connectivity index (χ0v) is 10.1. The van der Waals surface area contributed by atoms with E-state index < -0.39 is 0 Å². The third kappa shape index (κ3) is 2.74. The molecule has 0 aliphatic heterocycles. The van der Waals surface area contributed by atoms with Crippen molar-refractivity contribution in [3.05, 3.63) is 0 Å². The van der Waals surface area contributed by atoms with Gasteiger partial charge in [-0.3, -0.25) is 4.99 Å². The van der Waals surface area contributed by atoms with Gasteiger partial charge in [-0.15, -0.1) is 0 Å². The van der Waals surface area contributed by atoms with Crippen LogP contribution in [-0.2, 0) is 4.74 Å². The predicted molar refractivity (Wildman–Crippen MR) is 65.1 cm³/mol. The van der Waals surface area contributed by atoms with Crippen LogP contribution in [0.4, 0.5) is 0 Å². The molecule has 2 bridgehead atoms. The van der Waals surface area contributed by atoms with Gasteiger partial charge in [0.25, 0.3) is 0 Å². The minimum Gasteiger partial charge on any atom is -0.383 e. The van der Waals surface area contributed by atoms with Gasteiger partial charge in [0.05, 0.1) is 13.2 Å². The Morgan fingerprint density at radius 1 is 1.44 bits per heavy atom. The minimum absolute atomic E-state index is 0.669. The highest BCUT2D eigenvalue weighted by Crippen LogP contribution is 2.49. The van der Waals surface area contributed by atoms with Gasteiger partial charge in [-0.05, 0) is 37.0 Å². The summed E-state index contributed by atoms with van der Waals surface area (Å²) in [6.45, 7) is 1.37. The molecule has 0 saturated heterocycles. The Labute approximate surface area is 97.6 Å². The van der Waals surface area contributed by atoms with Gasteiger partial charge in [0.1, 0.15) is 5.84 Å². The molecule has 0 spiro atoms. The average Bonchev–Trinajstić information content (AvgIpc) is 2.89. The van der Waals surface area contributed by atoms with Gasteiger partial charge in [-0.1, -0.05) is 6.42 Å². The fourth-order valence-electron chi connectivity index (χ4n) is 3.32. The van der Waals surface area contributed by atoms with E-state index in [1.807, 2.05) is 0 Å². The fraction of sp³-hybridized carbons (Fsp3) is 0.917. The number of nitrogens with two attached hydrogens (primary N) is 1. The van der Waals surface area contributed by atoms with Crippen LogP contribution in [0.5, 0.6) is 0 Å². The molecule has 4 nitrogen and oxygen atoms in total. The SMILES string of the molecule is COCCN=C(CC1CC2CCC1C2)NN. The number of hydrogen-bond donors (Lipinski definition) is 2. The number of nitrogens with zero attached hydrogens (tertiary/aromatic N) is 1. The van der Waals surface area contributed by atoms with E-state index in [-0.39, 0.29) is 0 Å². The van der Waals surface area contributed by atoms with Crippen LogP contribution in [0.1, 0.15) is 32.1 Å². The molecule has 0 aromatic carbocycles. The molecule has 0 aromatic heterocycles.